The lowest BCUT2D eigenvalue weighted by Gasteiger charge is -2.37. The fraction of sp³-hybridized carbons (Fsp3) is 0.440. The van der Waals surface area contributed by atoms with Crippen LogP contribution in [0, 0.1) is 0 Å². The molecule has 0 spiro atoms. The molecule has 2 aromatic carbocycles. The molecule has 6 heteroatoms. The SMILES string of the molecule is C(=C1CN(c2ccc3c(c2)OCO3)CCS1)c1ccccc1N1CCN(C2CC2)CC1. The number of piperazine rings is 1. The first-order valence-electron chi connectivity index (χ1n) is 11.4. The van der Waals surface area contributed by atoms with E-state index in [2.05, 4.69) is 57.2 Å². The van der Waals surface area contributed by atoms with Crippen LogP contribution in [0.1, 0.15) is 18.4 Å². The number of hydrogen-bond donors (Lipinski definition) is 0. The van der Waals surface area contributed by atoms with Crippen LogP contribution in [0.2, 0.25) is 0 Å². The Labute approximate surface area is 188 Å². The summed E-state index contributed by atoms with van der Waals surface area (Å²) in [5.74, 6) is 2.81. The van der Waals surface area contributed by atoms with Gasteiger partial charge in [0.1, 0.15) is 0 Å². The summed E-state index contributed by atoms with van der Waals surface area (Å²) in [6.45, 7) is 6.97. The molecule has 0 N–H and O–H groups in total. The van der Waals surface area contributed by atoms with Crippen molar-refractivity contribution in [2.75, 3.05) is 61.6 Å². The van der Waals surface area contributed by atoms with Crippen LogP contribution in [0.15, 0.2) is 47.4 Å². The van der Waals surface area contributed by atoms with E-state index in [0.717, 1.165) is 49.5 Å². The maximum Gasteiger partial charge on any atom is 0.231 e. The molecule has 3 heterocycles. The number of anilines is 2. The van der Waals surface area contributed by atoms with Crippen molar-refractivity contribution in [1.29, 1.82) is 0 Å². The molecular formula is C25H29N3O2S. The summed E-state index contributed by atoms with van der Waals surface area (Å²) >= 11 is 1.99. The molecule has 2 saturated heterocycles. The van der Waals surface area contributed by atoms with Crippen LogP contribution in [0.3, 0.4) is 0 Å². The number of benzene rings is 2. The van der Waals surface area contributed by atoms with Gasteiger partial charge in [0.2, 0.25) is 6.79 Å². The summed E-state index contributed by atoms with van der Waals surface area (Å²) in [5.41, 5.74) is 3.93. The van der Waals surface area contributed by atoms with Gasteiger partial charge in [0.15, 0.2) is 11.5 Å². The molecule has 0 amide bonds. The van der Waals surface area contributed by atoms with Gasteiger partial charge in [-0.1, -0.05) is 18.2 Å². The molecule has 5 nitrogen and oxygen atoms in total. The normalized spacial score (nSPS) is 22.9. The van der Waals surface area contributed by atoms with Gasteiger partial charge >= 0.3 is 0 Å². The Morgan fingerprint density at radius 3 is 2.58 bits per heavy atom. The van der Waals surface area contributed by atoms with Crippen LogP contribution in [0.5, 0.6) is 11.5 Å². The molecule has 3 aliphatic heterocycles. The van der Waals surface area contributed by atoms with E-state index in [1.807, 2.05) is 17.8 Å². The molecule has 0 atom stereocenters. The van der Waals surface area contributed by atoms with Gasteiger partial charge in [0.25, 0.3) is 0 Å². The van der Waals surface area contributed by atoms with E-state index >= 15 is 0 Å². The van der Waals surface area contributed by atoms with Gasteiger partial charge in [-0.05, 0) is 42.7 Å². The monoisotopic (exact) mass is 435 g/mol. The molecule has 0 aromatic heterocycles. The fourth-order valence-electron chi connectivity index (χ4n) is 4.83. The number of para-hydroxylation sites is 1. The zero-order valence-corrected chi connectivity index (χ0v) is 18.7. The minimum Gasteiger partial charge on any atom is -0.454 e. The van der Waals surface area contributed by atoms with E-state index in [9.17, 15) is 0 Å². The second kappa shape index (κ2) is 8.32. The lowest BCUT2D eigenvalue weighted by atomic mass is 10.1. The lowest BCUT2D eigenvalue weighted by Crippen LogP contribution is -2.47. The van der Waals surface area contributed by atoms with Crippen molar-refractivity contribution in [3.8, 4) is 11.5 Å². The third-order valence-electron chi connectivity index (χ3n) is 6.69. The molecule has 4 aliphatic rings. The Kier molecular flexibility index (Phi) is 5.20. The summed E-state index contributed by atoms with van der Waals surface area (Å²) < 4.78 is 11.1. The molecule has 3 fully saturated rings. The number of ether oxygens (including phenoxy) is 2. The summed E-state index contributed by atoms with van der Waals surface area (Å²) in [7, 11) is 0. The van der Waals surface area contributed by atoms with Gasteiger partial charge in [-0.3, -0.25) is 4.90 Å². The molecule has 0 unspecified atom stereocenters. The first-order valence-corrected chi connectivity index (χ1v) is 12.4. The second-order valence-electron chi connectivity index (χ2n) is 8.73. The first-order chi connectivity index (χ1) is 15.3. The van der Waals surface area contributed by atoms with Crippen molar-refractivity contribution >= 4 is 29.2 Å². The van der Waals surface area contributed by atoms with Gasteiger partial charge in [-0.25, -0.2) is 0 Å². The third kappa shape index (κ3) is 4.11. The Morgan fingerprint density at radius 1 is 0.871 bits per heavy atom. The van der Waals surface area contributed by atoms with E-state index < -0.39 is 0 Å². The Balaban J connectivity index is 1.19. The van der Waals surface area contributed by atoms with Crippen LogP contribution < -0.4 is 19.3 Å². The lowest BCUT2D eigenvalue weighted by molar-refractivity contribution is 0.174. The van der Waals surface area contributed by atoms with Gasteiger partial charge < -0.3 is 19.3 Å². The number of fused-ring (bicyclic) bond motifs is 1. The molecule has 162 valence electrons. The molecular weight excluding hydrogens is 406 g/mol. The molecule has 31 heavy (non-hydrogen) atoms. The van der Waals surface area contributed by atoms with Crippen LogP contribution in [-0.2, 0) is 0 Å². The van der Waals surface area contributed by atoms with Crippen LogP contribution >= 0.6 is 11.8 Å². The van der Waals surface area contributed by atoms with E-state index in [0.29, 0.717) is 6.79 Å². The van der Waals surface area contributed by atoms with Gasteiger partial charge in [0.05, 0.1) is 0 Å². The zero-order chi connectivity index (χ0) is 20.6. The second-order valence-corrected chi connectivity index (χ2v) is 9.95. The van der Waals surface area contributed by atoms with Gasteiger partial charge in [-0.15, -0.1) is 11.8 Å². The first kappa shape index (κ1) is 19.4. The largest absolute Gasteiger partial charge is 0.454 e. The quantitative estimate of drug-likeness (QED) is 0.711. The molecule has 6 rings (SSSR count). The van der Waals surface area contributed by atoms with Crippen LogP contribution in [0.25, 0.3) is 6.08 Å². The van der Waals surface area contributed by atoms with E-state index in [1.54, 1.807) is 0 Å². The summed E-state index contributed by atoms with van der Waals surface area (Å²) in [6.07, 6.45) is 5.21. The third-order valence-corrected chi connectivity index (χ3v) is 7.69. The van der Waals surface area contributed by atoms with E-state index in [1.165, 1.54) is 47.8 Å². The predicted molar refractivity (Wildman–Crippen MR) is 128 cm³/mol. The highest BCUT2D eigenvalue weighted by molar-refractivity contribution is 8.03. The standard InChI is InChI=1S/C25H29N3O2S/c1-2-4-23(27-11-9-26(10-12-27)20-5-6-20)19(3-1)15-22-17-28(13-14-31-22)21-7-8-24-25(16-21)30-18-29-24/h1-4,7-8,15-16,20H,5-6,9-14,17-18H2. The van der Waals surface area contributed by atoms with Crippen LogP contribution in [-0.4, -0.2) is 62.8 Å². The summed E-state index contributed by atoms with van der Waals surface area (Å²) in [6, 6.07) is 16.1. The van der Waals surface area contributed by atoms with Gasteiger partial charge in [0, 0.05) is 73.4 Å². The number of thioether (sulfide) groups is 1. The predicted octanol–water partition coefficient (Wildman–Crippen LogP) is 4.29. The topological polar surface area (TPSA) is 28.2 Å². The molecule has 0 bridgehead atoms. The molecule has 1 saturated carbocycles. The van der Waals surface area contributed by atoms with E-state index in [4.69, 9.17) is 9.47 Å². The Bertz CT molecular complexity index is 982. The minimum atomic E-state index is 0.325. The minimum absolute atomic E-state index is 0.325. The number of hydrogen-bond acceptors (Lipinski definition) is 6. The summed E-state index contributed by atoms with van der Waals surface area (Å²) in [4.78, 5) is 9.13. The number of nitrogens with zero attached hydrogens (tertiary/aromatic N) is 3. The van der Waals surface area contributed by atoms with Crippen molar-refractivity contribution in [3.63, 3.8) is 0 Å². The Morgan fingerprint density at radius 2 is 1.71 bits per heavy atom. The maximum absolute atomic E-state index is 5.58. The highest BCUT2D eigenvalue weighted by Crippen LogP contribution is 2.38. The van der Waals surface area contributed by atoms with E-state index in [-0.39, 0.29) is 0 Å². The average molecular weight is 436 g/mol. The highest BCUT2D eigenvalue weighted by atomic mass is 32.2. The average Bonchev–Trinajstić information content (AvgIpc) is 3.57. The van der Waals surface area contributed by atoms with Crippen LogP contribution in [0.4, 0.5) is 11.4 Å². The smallest absolute Gasteiger partial charge is 0.231 e. The molecule has 1 aliphatic carbocycles. The molecule has 2 aromatic rings. The summed E-state index contributed by atoms with van der Waals surface area (Å²) in [5, 5.41) is 0. The van der Waals surface area contributed by atoms with Crippen molar-refractivity contribution in [2.45, 2.75) is 18.9 Å². The van der Waals surface area contributed by atoms with Gasteiger partial charge in [-0.2, -0.15) is 0 Å². The highest BCUT2D eigenvalue weighted by Gasteiger charge is 2.31. The zero-order valence-electron chi connectivity index (χ0n) is 17.8. The Hall–Kier alpha value is -2.31. The number of rotatable bonds is 4. The fourth-order valence-corrected chi connectivity index (χ4v) is 5.86. The van der Waals surface area contributed by atoms with Crippen molar-refractivity contribution in [3.05, 3.63) is 52.9 Å². The molecule has 0 radical (unpaired) electrons. The maximum atomic E-state index is 5.58. The van der Waals surface area contributed by atoms with Crippen molar-refractivity contribution in [1.82, 2.24) is 4.90 Å². The van der Waals surface area contributed by atoms with Crippen molar-refractivity contribution in [2.24, 2.45) is 0 Å². The van der Waals surface area contributed by atoms with Crippen molar-refractivity contribution < 1.29 is 9.47 Å².